The van der Waals surface area contributed by atoms with E-state index in [0.29, 0.717) is 57.8 Å². The quantitative estimate of drug-likeness (QED) is 0.0141. The standard InChI is InChI=1S/C69H93F9N3O8PS2/c1-49(2)90(82,50(3)4)81(37-13-35-79)47-51(48-89-65(53-17-10-9-11-18-53,54-20-24-56(83-7)25-21-54)55-22-26-57(84-8)27-23-55)16-12-39-85-43-45-92-91-44-14-36-80(6)38-42-86-58-28-30-59-52(46-58)19-29-61-60(59)33-34-64(5)62(61)31-32-63(64)87-40-15-41-88-66(67(70,71)72,68(73,74)75)69(76,77)78/h9-11,17-18,20-28,30,46,49-51,60-63H,12-16,19,29,31-34,36-45,47-48H2,1-8H3/t51?,60-,61-,62+,63+,64+/m1/s1. The van der Waals surface area contributed by atoms with Crippen LogP contribution in [-0.4, -0.2) is 150 Å². The number of rotatable bonds is 37. The minimum absolute atomic E-state index is 0.0662. The fraction of sp³-hybridized carbons (Fsp3) is 0.638. The third kappa shape index (κ3) is 17.7. The van der Waals surface area contributed by atoms with Crippen LogP contribution >= 0.6 is 28.9 Å². The summed E-state index contributed by atoms with van der Waals surface area (Å²) in [4.78, 5) is 2.27. The number of aryl methyl sites for hydroxylation is 1. The number of alkyl halides is 9. The van der Waals surface area contributed by atoms with Crippen molar-refractivity contribution < 1.29 is 77.2 Å². The summed E-state index contributed by atoms with van der Waals surface area (Å²) in [6, 6.07) is 34.8. The SMILES string of the molecule is COc1ccc(C(OCC(CCCOCCSSCCCN(C)CCOc2ccc3c(c2)CC[C@@H]2[C@@H]3CC[C@]3(C)[C@@H](OCCCOC(C(F)(F)F)(C(F)(F)F)C(F)(F)F)CC[C@@H]23)CN(CCC#N)P(=O)(C(C)C)C(C)C)(c2ccccc2)c2ccc(OC)cc2)cc1. The molecule has 0 radical (unpaired) electrons. The van der Waals surface area contributed by atoms with Crippen molar-refractivity contribution in [2.24, 2.45) is 23.2 Å². The molecule has 512 valence electrons. The van der Waals surface area contributed by atoms with E-state index in [2.05, 4.69) is 58.6 Å². The summed E-state index contributed by atoms with van der Waals surface area (Å²) in [5, 5.41) is 9.79. The van der Waals surface area contributed by atoms with Crippen LogP contribution in [-0.2, 0) is 35.5 Å². The first-order valence-corrected chi connectivity index (χ1v) is 36.4. The second-order valence-corrected chi connectivity index (χ2v) is 32.1. The number of fused-ring (bicyclic) bond motifs is 5. The summed E-state index contributed by atoms with van der Waals surface area (Å²) in [5.74, 6) is 5.00. The first-order chi connectivity index (χ1) is 43.7. The molecule has 3 aliphatic carbocycles. The number of likely N-dealkylation sites (N-methyl/N-ethyl adjacent to an activating group) is 1. The van der Waals surface area contributed by atoms with E-state index in [4.69, 9.17) is 28.4 Å². The highest BCUT2D eigenvalue weighted by atomic mass is 33.1. The van der Waals surface area contributed by atoms with Crippen LogP contribution in [0.1, 0.15) is 133 Å². The van der Waals surface area contributed by atoms with E-state index in [1.807, 2.05) is 111 Å². The number of hydrogen-bond donors (Lipinski definition) is 0. The van der Waals surface area contributed by atoms with Crippen LogP contribution in [0.4, 0.5) is 39.5 Å². The van der Waals surface area contributed by atoms with Crippen molar-refractivity contribution in [3.05, 3.63) is 125 Å². The van der Waals surface area contributed by atoms with Gasteiger partial charge in [0.15, 0.2) is 7.29 Å². The summed E-state index contributed by atoms with van der Waals surface area (Å²) >= 11 is 0. The van der Waals surface area contributed by atoms with Crippen LogP contribution in [0.15, 0.2) is 97.1 Å². The number of halogens is 9. The first kappa shape index (κ1) is 75.2. The summed E-state index contributed by atoms with van der Waals surface area (Å²) in [6.07, 6.45) is -13.4. The molecule has 0 saturated heterocycles. The van der Waals surface area contributed by atoms with E-state index >= 15 is 4.57 Å². The lowest BCUT2D eigenvalue weighted by Gasteiger charge is -2.50. The van der Waals surface area contributed by atoms with Crippen molar-refractivity contribution in [3.63, 3.8) is 0 Å². The Labute approximate surface area is 546 Å². The molecule has 0 aliphatic heterocycles. The molecule has 2 fully saturated rings. The molecule has 3 aliphatic rings. The molecule has 0 amide bonds. The largest absolute Gasteiger partial charge is 0.497 e. The van der Waals surface area contributed by atoms with Gasteiger partial charge in [-0.1, -0.05) is 117 Å². The maximum atomic E-state index is 15.1. The number of nitriles is 1. The van der Waals surface area contributed by atoms with Gasteiger partial charge in [0.25, 0.3) is 0 Å². The van der Waals surface area contributed by atoms with Gasteiger partial charge < -0.3 is 42.6 Å². The summed E-state index contributed by atoms with van der Waals surface area (Å²) in [7, 11) is 6.12. The number of hydrogen-bond acceptors (Lipinski definition) is 12. The highest BCUT2D eigenvalue weighted by molar-refractivity contribution is 8.76. The third-order valence-corrected chi connectivity index (χ3v) is 25.8. The Morgan fingerprint density at radius 3 is 1.88 bits per heavy atom. The van der Waals surface area contributed by atoms with Crippen molar-refractivity contribution in [1.29, 1.82) is 5.26 Å². The van der Waals surface area contributed by atoms with Gasteiger partial charge in [-0.3, -0.25) is 4.67 Å². The van der Waals surface area contributed by atoms with Gasteiger partial charge in [0.2, 0.25) is 0 Å². The number of methoxy groups -OCH3 is 2. The van der Waals surface area contributed by atoms with Gasteiger partial charge in [0.05, 0.1) is 46.2 Å². The van der Waals surface area contributed by atoms with E-state index in [-0.39, 0.29) is 47.7 Å². The Morgan fingerprint density at radius 1 is 0.674 bits per heavy atom. The highest BCUT2D eigenvalue weighted by Crippen LogP contribution is 2.63. The molecule has 7 rings (SSSR count). The monoisotopic (exact) mass is 1360 g/mol. The van der Waals surface area contributed by atoms with Crippen LogP contribution in [0.3, 0.4) is 0 Å². The number of ether oxygens (including phenoxy) is 7. The lowest BCUT2D eigenvalue weighted by atomic mass is 9.55. The molecule has 0 bridgehead atoms. The van der Waals surface area contributed by atoms with Crippen molar-refractivity contribution >= 4 is 28.9 Å². The molecular weight excluding hydrogens is 1260 g/mol. The molecule has 1 unspecified atom stereocenters. The lowest BCUT2D eigenvalue weighted by molar-refractivity contribution is -0.457. The molecule has 4 aromatic carbocycles. The van der Waals surface area contributed by atoms with Gasteiger partial charge in [-0.15, -0.1) is 0 Å². The normalized spacial score (nSPS) is 20.1. The molecular formula is C69H93F9N3O8PS2. The third-order valence-electron chi connectivity index (χ3n) is 19.1. The highest BCUT2D eigenvalue weighted by Gasteiger charge is 2.85. The second kappa shape index (κ2) is 33.7. The molecule has 0 heterocycles. The minimum atomic E-state index is -6.76. The molecule has 4 aromatic rings. The molecule has 23 heteroatoms. The lowest BCUT2D eigenvalue weighted by Crippen LogP contribution is -2.67. The van der Waals surface area contributed by atoms with E-state index in [9.17, 15) is 44.8 Å². The predicted octanol–water partition coefficient (Wildman–Crippen LogP) is 17.6. The van der Waals surface area contributed by atoms with Crippen LogP contribution in [0.5, 0.6) is 17.2 Å². The topological polar surface area (TPSA) is 112 Å². The zero-order valence-corrected chi connectivity index (χ0v) is 56.8. The fourth-order valence-electron chi connectivity index (χ4n) is 14.4. The zero-order valence-electron chi connectivity index (χ0n) is 54.3. The van der Waals surface area contributed by atoms with Crippen LogP contribution in [0.25, 0.3) is 0 Å². The maximum Gasteiger partial charge on any atom is 0.435 e. The van der Waals surface area contributed by atoms with Gasteiger partial charge in [-0.2, -0.15) is 44.8 Å². The Kier molecular flexibility index (Phi) is 27.5. The molecule has 11 nitrogen and oxygen atoms in total. The minimum Gasteiger partial charge on any atom is -0.497 e. The van der Waals surface area contributed by atoms with E-state index in [1.54, 1.807) is 25.0 Å². The fourth-order valence-corrected chi connectivity index (χ4v) is 19.7. The average molecular weight is 1360 g/mol. The first-order valence-electron chi connectivity index (χ1n) is 32.1. The van der Waals surface area contributed by atoms with Gasteiger partial charge in [-0.25, -0.2) is 0 Å². The molecule has 6 atom stereocenters. The van der Waals surface area contributed by atoms with Crippen LogP contribution in [0.2, 0.25) is 0 Å². The number of nitrogens with zero attached hydrogens (tertiary/aromatic N) is 3. The molecule has 0 aromatic heterocycles. The van der Waals surface area contributed by atoms with Crippen molar-refractivity contribution in [1.82, 2.24) is 9.57 Å². The Hall–Kier alpha value is -4.17. The zero-order chi connectivity index (χ0) is 67.0. The van der Waals surface area contributed by atoms with Crippen LogP contribution in [0, 0.1) is 34.5 Å². The van der Waals surface area contributed by atoms with Gasteiger partial charge in [-0.05, 0) is 171 Å². The predicted molar refractivity (Wildman–Crippen MR) is 346 cm³/mol. The Morgan fingerprint density at radius 2 is 1.28 bits per heavy atom. The van der Waals surface area contributed by atoms with Crippen molar-refractivity contribution in [2.45, 2.75) is 158 Å². The van der Waals surface area contributed by atoms with Crippen molar-refractivity contribution in [3.8, 4) is 23.3 Å². The molecule has 92 heavy (non-hydrogen) atoms. The molecule has 0 spiro atoms. The van der Waals surface area contributed by atoms with E-state index in [1.165, 1.54) is 11.1 Å². The smallest absolute Gasteiger partial charge is 0.435 e. The van der Waals surface area contributed by atoms with Gasteiger partial charge in [0, 0.05) is 62.1 Å². The number of benzene rings is 4. The average Bonchev–Trinajstić information content (AvgIpc) is 0.994. The second-order valence-electron chi connectivity index (χ2n) is 25.4. The van der Waals surface area contributed by atoms with E-state index in [0.717, 1.165) is 110 Å². The Bertz CT molecular complexity index is 2880. The maximum absolute atomic E-state index is 15.1. The van der Waals surface area contributed by atoms with E-state index < -0.39 is 50.1 Å². The summed E-state index contributed by atoms with van der Waals surface area (Å²) in [5.41, 5.74) is -2.44. The van der Waals surface area contributed by atoms with Gasteiger partial charge in [0.1, 0.15) is 29.5 Å². The van der Waals surface area contributed by atoms with Crippen LogP contribution < -0.4 is 14.2 Å². The summed E-state index contributed by atoms with van der Waals surface area (Å²) < 4.78 is 178. The Balaban J connectivity index is 0.834. The van der Waals surface area contributed by atoms with Crippen molar-refractivity contribution in [2.75, 3.05) is 98.6 Å². The summed E-state index contributed by atoms with van der Waals surface area (Å²) in [6.45, 7) is 13.1. The molecule has 0 N–H and O–H groups in total. The van der Waals surface area contributed by atoms with Gasteiger partial charge >= 0.3 is 24.1 Å². The molecule has 2 saturated carbocycles.